The minimum absolute atomic E-state index is 0.161. The van der Waals surface area contributed by atoms with Gasteiger partial charge in [-0.3, -0.25) is 4.79 Å². The van der Waals surface area contributed by atoms with E-state index in [1.807, 2.05) is 0 Å². The van der Waals surface area contributed by atoms with Crippen LogP contribution in [-0.4, -0.2) is 26.0 Å². The molecule has 2 aromatic rings. The molecule has 0 atom stereocenters. The van der Waals surface area contributed by atoms with Crippen molar-refractivity contribution in [3.05, 3.63) is 51.9 Å². The van der Waals surface area contributed by atoms with Crippen molar-refractivity contribution in [3.63, 3.8) is 0 Å². The normalized spacial score (nSPS) is 10.4. The molecule has 2 rings (SSSR count). The summed E-state index contributed by atoms with van der Waals surface area (Å²) in [5.41, 5.74) is -1.82. The average molecular weight is 268 g/mol. The fourth-order valence-corrected chi connectivity index (χ4v) is 1.40. The summed E-state index contributed by atoms with van der Waals surface area (Å²) >= 11 is 0. The van der Waals surface area contributed by atoms with Crippen molar-refractivity contribution in [2.24, 2.45) is 0 Å². The highest BCUT2D eigenvalue weighted by Gasteiger charge is 2.16. The molecule has 0 saturated carbocycles. The molecule has 0 aliphatic carbocycles. The van der Waals surface area contributed by atoms with Crippen molar-refractivity contribution in [1.82, 2.24) is 9.78 Å². The Morgan fingerprint density at radius 2 is 1.89 bits per heavy atom. The second-order valence-electron chi connectivity index (χ2n) is 3.53. The Bertz CT molecular complexity index is 727. The number of hydrogen-bond donors (Lipinski definition) is 2. The average Bonchev–Trinajstić information content (AvgIpc) is 2.32. The standard InChI is InChI=1S/C11H6F2N2O4/c12-6-2-1-5(3-7(6)13)15-9(17)4-8(16)10(14-15)11(18)19/h1-4,16H,(H,18,19). The van der Waals surface area contributed by atoms with Crippen LogP contribution in [0.5, 0.6) is 5.75 Å². The molecular formula is C11H6F2N2O4. The number of hydrogen-bond acceptors (Lipinski definition) is 4. The van der Waals surface area contributed by atoms with Crippen LogP contribution in [0, 0.1) is 11.6 Å². The number of rotatable bonds is 2. The number of carboxylic acid groups (broad SMARTS) is 1. The van der Waals surface area contributed by atoms with E-state index in [1.165, 1.54) is 0 Å². The minimum Gasteiger partial charge on any atom is -0.505 e. The predicted octanol–water partition coefficient (Wildman–Crippen LogP) is 0.914. The highest BCUT2D eigenvalue weighted by molar-refractivity contribution is 5.88. The number of aromatic hydroxyl groups is 1. The summed E-state index contributed by atoms with van der Waals surface area (Å²) in [5.74, 6) is -4.70. The maximum atomic E-state index is 13.1. The third kappa shape index (κ3) is 2.28. The molecule has 0 aliphatic heterocycles. The molecule has 1 heterocycles. The molecule has 0 radical (unpaired) electrons. The molecule has 0 spiro atoms. The van der Waals surface area contributed by atoms with Gasteiger partial charge in [0.15, 0.2) is 17.4 Å². The molecule has 0 bridgehead atoms. The largest absolute Gasteiger partial charge is 0.505 e. The van der Waals surface area contributed by atoms with Crippen molar-refractivity contribution >= 4 is 5.97 Å². The maximum absolute atomic E-state index is 13.1. The lowest BCUT2D eigenvalue weighted by molar-refractivity contribution is 0.0684. The van der Waals surface area contributed by atoms with E-state index in [-0.39, 0.29) is 5.69 Å². The van der Waals surface area contributed by atoms with Gasteiger partial charge in [0.25, 0.3) is 5.56 Å². The third-order valence-electron chi connectivity index (χ3n) is 2.26. The number of carbonyl (C=O) groups is 1. The van der Waals surface area contributed by atoms with E-state index in [9.17, 15) is 23.5 Å². The van der Waals surface area contributed by atoms with Crippen LogP contribution in [-0.2, 0) is 0 Å². The van der Waals surface area contributed by atoms with Crippen molar-refractivity contribution in [2.75, 3.05) is 0 Å². The highest BCUT2D eigenvalue weighted by Crippen LogP contribution is 2.14. The Labute approximate surface area is 104 Å². The quantitative estimate of drug-likeness (QED) is 0.844. The molecular weight excluding hydrogens is 262 g/mol. The number of aromatic nitrogens is 2. The Hall–Kier alpha value is -2.77. The van der Waals surface area contributed by atoms with Gasteiger partial charge in [-0.05, 0) is 12.1 Å². The van der Waals surface area contributed by atoms with Gasteiger partial charge in [-0.15, -0.1) is 0 Å². The SMILES string of the molecule is O=C(O)c1nn(-c2ccc(F)c(F)c2)c(=O)cc1O. The number of benzene rings is 1. The lowest BCUT2D eigenvalue weighted by atomic mass is 10.3. The van der Waals surface area contributed by atoms with Gasteiger partial charge in [-0.2, -0.15) is 9.78 Å². The first-order valence-electron chi connectivity index (χ1n) is 4.92. The van der Waals surface area contributed by atoms with Crippen LogP contribution >= 0.6 is 0 Å². The summed E-state index contributed by atoms with van der Waals surface area (Å²) in [6, 6.07) is 3.13. The first-order chi connectivity index (χ1) is 8.90. The Morgan fingerprint density at radius 1 is 1.21 bits per heavy atom. The molecule has 0 amide bonds. The maximum Gasteiger partial charge on any atom is 0.360 e. The van der Waals surface area contributed by atoms with E-state index in [2.05, 4.69) is 5.10 Å². The molecule has 98 valence electrons. The Kier molecular flexibility index (Phi) is 2.99. The number of aromatic carboxylic acids is 1. The molecule has 0 fully saturated rings. The van der Waals surface area contributed by atoms with Crippen molar-refractivity contribution < 1.29 is 23.8 Å². The van der Waals surface area contributed by atoms with E-state index < -0.39 is 34.6 Å². The summed E-state index contributed by atoms with van der Waals surface area (Å²) in [6.45, 7) is 0. The zero-order valence-corrected chi connectivity index (χ0v) is 9.17. The molecule has 0 saturated heterocycles. The van der Waals surface area contributed by atoms with Gasteiger partial charge in [0, 0.05) is 12.1 Å². The summed E-state index contributed by atoms with van der Waals surface area (Å²) in [6.07, 6.45) is 0. The van der Waals surface area contributed by atoms with Gasteiger partial charge in [0.05, 0.1) is 5.69 Å². The third-order valence-corrected chi connectivity index (χ3v) is 2.26. The van der Waals surface area contributed by atoms with Gasteiger partial charge in [0.1, 0.15) is 0 Å². The molecule has 8 heteroatoms. The Balaban J connectivity index is 2.68. The van der Waals surface area contributed by atoms with Crippen LogP contribution in [0.4, 0.5) is 8.78 Å². The van der Waals surface area contributed by atoms with Crippen molar-refractivity contribution in [3.8, 4) is 11.4 Å². The minimum atomic E-state index is -1.56. The van der Waals surface area contributed by atoms with Crippen LogP contribution < -0.4 is 5.56 Å². The zero-order valence-electron chi connectivity index (χ0n) is 9.17. The fraction of sp³-hybridized carbons (Fsp3) is 0. The first kappa shape index (κ1) is 12.7. The summed E-state index contributed by atoms with van der Waals surface area (Å²) in [5, 5.41) is 21.4. The molecule has 19 heavy (non-hydrogen) atoms. The van der Waals surface area contributed by atoms with E-state index >= 15 is 0 Å². The molecule has 6 nitrogen and oxygen atoms in total. The summed E-state index contributed by atoms with van der Waals surface area (Å²) in [7, 11) is 0. The monoisotopic (exact) mass is 268 g/mol. The van der Waals surface area contributed by atoms with Crippen LogP contribution in [0.1, 0.15) is 10.5 Å². The highest BCUT2D eigenvalue weighted by atomic mass is 19.2. The summed E-state index contributed by atoms with van der Waals surface area (Å²) < 4.78 is 26.4. The molecule has 2 N–H and O–H groups in total. The Morgan fingerprint density at radius 3 is 2.47 bits per heavy atom. The first-order valence-corrected chi connectivity index (χ1v) is 4.92. The number of halogens is 2. The predicted molar refractivity (Wildman–Crippen MR) is 58.4 cm³/mol. The number of nitrogens with zero attached hydrogens (tertiary/aromatic N) is 2. The van der Waals surface area contributed by atoms with Crippen LogP contribution in [0.15, 0.2) is 29.1 Å². The lowest BCUT2D eigenvalue weighted by Crippen LogP contribution is -2.23. The van der Waals surface area contributed by atoms with E-state index in [4.69, 9.17) is 5.11 Å². The smallest absolute Gasteiger partial charge is 0.360 e. The van der Waals surface area contributed by atoms with Gasteiger partial charge < -0.3 is 10.2 Å². The fourth-order valence-electron chi connectivity index (χ4n) is 1.40. The van der Waals surface area contributed by atoms with Gasteiger partial charge in [0.2, 0.25) is 5.69 Å². The second kappa shape index (κ2) is 4.48. The van der Waals surface area contributed by atoms with Crippen molar-refractivity contribution in [2.45, 2.75) is 0 Å². The van der Waals surface area contributed by atoms with Crippen LogP contribution in [0.25, 0.3) is 5.69 Å². The molecule has 1 aromatic carbocycles. The van der Waals surface area contributed by atoms with Gasteiger partial charge in [-0.25, -0.2) is 13.6 Å². The zero-order chi connectivity index (χ0) is 14.2. The van der Waals surface area contributed by atoms with E-state index in [1.54, 1.807) is 0 Å². The topological polar surface area (TPSA) is 92.4 Å². The van der Waals surface area contributed by atoms with Crippen LogP contribution in [0.3, 0.4) is 0 Å². The van der Waals surface area contributed by atoms with E-state index in [0.29, 0.717) is 16.8 Å². The second-order valence-corrected chi connectivity index (χ2v) is 3.53. The molecule has 0 unspecified atom stereocenters. The van der Waals surface area contributed by atoms with Crippen molar-refractivity contribution in [1.29, 1.82) is 0 Å². The number of carboxylic acids is 1. The van der Waals surface area contributed by atoms with E-state index in [0.717, 1.165) is 12.1 Å². The van der Waals surface area contributed by atoms with Gasteiger partial charge in [-0.1, -0.05) is 0 Å². The summed E-state index contributed by atoms with van der Waals surface area (Å²) in [4.78, 5) is 22.3. The molecule has 1 aromatic heterocycles. The lowest BCUT2D eigenvalue weighted by Gasteiger charge is -2.06. The van der Waals surface area contributed by atoms with Crippen LogP contribution in [0.2, 0.25) is 0 Å². The molecule has 0 aliphatic rings. The van der Waals surface area contributed by atoms with Gasteiger partial charge >= 0.3 is 5.97 Å².